The normalized spacial score (nSPS) is 15.0. The molecule has 66 heavy (non-hydrogen) atoms. The van der Waals surface area contributed by atoms with E-state index in [0.29, 0.717) is 69.0 Å². The second kappa shape index (κ2) is 28.3. The van der Waals surface area contributed by atoms with E-state index < -0.39 is 29.8 Å². The van der Waals surface area contributed by atoms with Crippen molar-refractivity contribution in [3.05, 3.63) is 71.3 Å². The van der Waals surface area contributed by atoms with Crippen LogP contribution in [0.3, 0.4) is 0 Å². The molecular formula is C46H62Cl2IN6O10P. The van der Waals surface area contributed by atoms with Gasteiger partial charge in [0.05, 0.1) is 17.9 Å². The zero-order chi connectivity index (χ0) is 49.1. The van der Waals surface area contributed by atoms with Crippen LogP contribution in [0.15, 0.2) is 54.6 Å². The molecule has 16 nitrogen and oxygen atoms in total. The van der Waals surface area contributed by atoms with Crippen LogP contribution < -0.4 is 30.7 Å². The van der Waals surface area contributed by atoms with E-state index in [1.165, 1.54) is 23.4 Å². The number of nitrogens with two attached hydrogens (primary N) is 1. The molecule has 362 valence electrons. The van der Waals surface area contributed by atoms with Gasteiger partial charge in [-0.3, -0.25) is 36.7 Å². The van der Waals surface area contributed by atoms with Gasteiger partial charge >= 0.3 is 8.60 Å². The van der Waals surface area contributed by atoms with Crippen LogP contribution >= 0.6 is 53.0 Å². The number of hydrogen-bond donors (Lipinski definition) is 5. The average Bonchev–Trinajstić information content (AvgIpc) is 4.01. The summed E-state index contributed by atoms with van der Waals surface area (Å²) < 4.78 is 15.9. The predicted molar refractivity (Wildman–Crippen MR) is 269 cm³/mol. The molecule has 0 spiro atoms. The molecule has 3 aromatic carbocycles. The highest BCUT2D eigenvalue weighted by atomic mass is 127. The Bertz CT molecular complexity index is 2210. The molecule has 3 aromatic rings. The summed E-state index contributed by atoms with van der Waals surface area (Å²) in [5.41, 5.74) is 10.4. The van der Waals surface area contributed by atoms with Gasteiger partial charge in [0.2, 0.25) is 23.6 Å². The average molecular weight is 1090 g/mol. The summed E-state index contributed by atoms with van der Waals surface area (Å²) in [7, 11) is -2.60. The predicted octanol–water partition coefficient (Wildman–Crippen LogP) is 7.83. The van der Waals surface area contributed by atoms with Gasteiger partial charge in [0.15, 0.2) is 21.2 Å². The van der Waals surface area contributed by atoms with Crippen LogP contribution in [0, 0.1) is 12.8 Å². The summed E-state index contributed by atoms with van der Waals surface area (Å²) in [4.78, 5) is 96.2. The molecule has 6 amide bonds. The van der Waals surface area contributed by atoms with Crippen molar-refractivity contribution < 1.29 is 46.1 Å². The number of benzene rings is 3. The molecule has 20 heteroatoms. The molecule has 0 bridgehead atoms. The summed E-state index contributed by atoms with van der Waals surface area (Å²) in [5, 5.41) is 7.51. The lowest BCUT2D eigenvalue weighted by Gasteiger charge is -2.21. The molecule has 3 aliphatic rings. The summed E-state index contributed by atoms with van der Waals surface area (Å²) in [5.74, 6) is -0.436. The summed E-state index contributed by atoms with van der Waals surface area (Å²) in [6.45, 7) is 10.9. The minimum atomic E-state index is -2.60. The zero-order valence-corrected chi connectivity index (χ0v) is 42.8. The maximum atomic E-state index is 13.3. The Balaban J connectivity index is 0.000000391. The van der Waals surface area contributed by atoms with E-state index in [1.54, 1.807) is 21.9 Å². The van der Waals surface area contributed by atoms with Gasteiger partial charge < -0.3 is 40.5 Å². The number of carbonyl (C=O) groups excluding carboxylic acids is 6. The van der Waals surface area contributed by atoms with Crippen molar-refractivity contribution in [2.24, 2.45) is 11.7 Å². The molecule has 0 aromatic heterocycles. The highest BCUT2D eigenvalue weighted by molar-refractivity contribution is 14.1. The number of rotatable bonds is 18. The number of imide groups is 1. The smallest absolute Gasteiger partial charge is 0.391 e. The van der Waals surface area contributed by atoms with E-state index >= 15 is 0 Å². The Morgan fingerprint density at radius 1 is 0.894 bits per heavy atom. The maximum absolute atomic E-state index is 13.3. The van der Waals surface area contributed by atoms with Gasteiger partial charge in [-0.05, 0) is 72.7 Å². The molecular weight excluding hydrogens is 1030 g/mol. The SMILES string of the molecule is CC.CC(C)C(NC(=O)CCCCCN1C(=O)C=CC1=O)I=O.CCl.Cc1cc(OP(O)O)cc2c1C(CCl)CN2C(=O)CCCC(=O)N1CCc2c1cc(NC(=O)CN)c1ccccc21. The minimum Gasteiger partial charge on any atom is -0.427 e. The van der Waals surface area contributed by atoms with Gasteiger partial charge in [0.1, 0.15) is 9.80 Å². The number of nitrogens with zero attached hydrogens (tertiary/aromatic N) is 3. The standard InChI is InChI=1S/C29H32ClN4O6P.C14H21IN2O4.C2H6.CH3Cl/c1-17-11-19(40-41(38)39)12-25-29(17)18(14-30)16-34(25)28(37)8-4-7-27(36)33-10-9-22-20-5-2-3-6-21(20)23(13-24(22)33)32-26(35)15-31;1-10(2)14(15-21)16-11(18)6-4-3-5-9-17-12(19)7-8-13(17)20;2*1-2/h2-3,5-6,11-13,18,38-39H,4,7-10,14-16,31H2,1H3,(H,32,35);7-8,10,14H,3-6,9H2,1-2H3,(H,16,18);1-2H3;1H3. The Hall–Kier alpha value is -4.10. The summed E-state index contributed by atoms with van der Waals surface area (Å²) in [6.07, 6.45) is 7.95. The molecule has 2 atom stereocenters. The third-order valence-electron chi connectivity index (χ3n) is 10.8. The molecule has 0 radical (unpaired) electrons. The second-order valence-electron chi connectivity index (χ2n) is 15.5. The lowest BCUT2D eigenvalue weighted by molar-refractivity contribution is -0.137. The van der Waals surface area contributed by atoms with Gasteiger partial charge in [-0.15, -0.1) is 23.2 Å². The van der Waals surface area contributed by atoms with E-state index in [0.717, 1.165) is 39.6 Å². The number of aryl methyl sites for hydroxylation is 1. The van der Waals surface area contributed by atoms with E-state index in [9.17, 15) is 41.6 Å². The molecule has 3 heterocycles. The number of alkyl halides is 3. The van der Waals surface area contributed by atoms with E-state index in [4.69, 9.17) is 21.9 Å². The highest BCUT2D eigenvalue weighted by Gasteiger charge is 2.34. The minimum absolute atomic E-state index is 0.0547. The van der Waals surface area contributed by atoms with Crippen molar-refractivity contribution >= 4 is 116 Å². The second-order valence-corrected chi connectivity index (χ2v) is 18.4. The molecule has 0 fully saturated rings. The first-order valence-corrected chi connectivity index (χ1v) is 26.4. The monoisotopic (exact) mass is 1090 g/mol. The molecule has 0 aliphatic carbocycles. The zero-order valence-electron chi connectivity index (χ0n) is 38.3. The molecule has 3 aliphatic heterocycles. The Labute approximate surface area is 408 Å². The topological polar surface area (TPSA) is 229 Å². The quantitative estimate of drug-likeness (QED) is 0.0206. The molecule has 2 unspecified atom stereocenters. The van der Waals surface area contributed by atoms with Crippen LogP contribution in [-0.2, 0) is 38.3 Å². The maximum Gasteiger partial charge on any atom is 0.391 e. The Kier molecular flexibility index (Phi) is 24.1. The first-order chi connectivity index (χ1) is 31.7. The summed E-state index contributed by atoms with van der Waals surface area (Å²) >= 11 is 9.62. The molecule has 6 rings (SSSR count). The van der Waals surface area contributed by atoms with Gasteiger partial charge in [-0.2, -0.15) is 0 Å². The van der Waals surface area contributed by atoms with Gasteiger partial charge in [-0.25, -0.2) is 0 Å². The van der Waals surface area contributed by atoms with Crippen LogP contribution in [0.5, 0.6) is 5.75 Å². The van der Waals surface area contributed by atoms with Gasteiger partial charge in [0, 0.05) is 86.4 Å². The van der Waals surface area contributed by atoms with Crippen molar-refractivity contribution in [1.29, 1.82) is 0 Å². The number of nitrogens with one attached hydrogen (secondary N) is 2. The third kappa shape index (κ3) is 15.2. The van der Waals surface area contributed by atoms with Crippen LogP contribution in [0.4, 0.5) is 17.1 Å². The largest absolute Gasteiger partial charge is 0.427 e. The highest BCUT2D eigenvalue weighted by Crippen LogP contribution is 2.44. The van der Waals surface area contributed by atoms with E-state index in [-0.39, 0.29) is 76.5 Å². The van der Waals surface area contributed by atoms with Crippen molar-refractivity contribution in [2.75, 3.05) is 53.6 Å². The first-order valence-electron chi connectivity index (χ1n) is 21.8. The fourth-order valence-electron chi connectivity index (χ4n) is 7.82. The van der Waals surface area contributed by atoms with Crippen molar-refractivity contribution in [3.63, 3.8) is 0 Å². The number of unbranched alkanes of at least 4 members (excludes halogenated alkanes) is 2. The van der Waals surface area contributed by atoms with Crippen molar-refractivity contribution in [1.82, 2.24) is 10.2 Å². The van der Waals surface area contributed by atoms with Crippen LogP contribution in [0.25, 0.3) is 10.8 Å². The molecule has 0 saturated heterocycles. The van der Waals surface area contributed by atoms with Gasteiger partial charge in [-0.1, -0.05) is 58.4 Å². The van der Waals surface area contributed by atoms with Crippen LogP contribution in [0.1, 0.15) is 95.2 Å². The van der Waals surface area contributed by atoms with Gasteiger partial charge in [0.25, 0.3) is 11.8 Å². The lowest BCUT2D eigenvalue weighted by atomic mass is 9.98. The van der Waals surface area contributed by atoms with Crippen molar-refractivity contribution in [3.8, 4) is 5.75 Å². The van der Waals surface area contributed by atoms with Crippen LogP contribution in [-0.4, -0.2) is 92.6 Å². The Morgan fingerprint density at radius 2 is 1.53 bits per heavy atom. The molecule has 6 N–H and O–H groups in total. The summed E-state index contributed by atoms with van der Waals surface area (Å²) in [6, 6.07) is 12.9. The first kappa shape index (κ1) is 56.2. The molecule has 0 saturated carbocycles. The number of amides is 6. The number of hydrogen-bond acceptors (Lipinski definition) is 11. The number of carbonyl (C=O) groups is 6. The lowest BCUT2D eigenvalue weighted by Crippen LogP contribution is -2.34. The third-order valence-corrected chi connectivity index (χ3v) is 13.9. The van der Waals surface area contributed by atoms with E-state index in [1.807, 2.05) is 65.0 Å². The fourth-order valence-corrected chi connectivity index (χ4v) is 9.42. The van der Waals surface area contributed by atoms with Crippen LogP contribution in [0.2, 0.25) is 0 Å². The number of anilines is 3. The number of fused-ring (bicyclic) bond motifs is 4. The Morgan fingerprint density at radius 3 is 2.12 bits per heavy atom. The van der Waals surface area contributed by atoms with E-state index in [2.05, 4.69) is 22.2 Å². The fraction of sp³-hybridized carbons (Fsp3) is 0.478. The number of halogens is 3. The van der Waals surface area contributed by atoms with Crippen molar-refractivity contribution in [2.45, 2.75) is 96.0 Å².